The SMILES string of the molecule is Cn1ncc(NC(=O)c2nc(-c3cccc(F)c3C(F)(F)F)sc2N)c1[C@@H]1CC[C@@H](N)[C@H](F)CO1. The van der Waals surface area contributed by atoms with E-state index in [9.17, 15) is 26.7 Å². The van der Waals surface area contributed by atoms with Crippen LogP contribution in [0.1, 0.15) is 40.7 Å². The number of aromatic nitrogens is 3. The zero-order valence-electron chi connectivity index (χ0n) is 18.3. The molecule has 1 saturated heterocycles. The number of halogens is 5. The van der Waals surface area contributed by atoms with Gasteiger partial charge in [0.15, 0.2) is 5.69 Å². The molecule has 1 aliphatic rings. The number of carbonyl (C=O) groups excluding carboxylic acids is 1. The van der Waals surface area contributed by atoms with Gasteiger partial charge >= 0.3 is 6.18 Å². The number of hydrogen-bond donors (Lipinski definition) is 3. The molecule has 1 fully saturated rings. The molecule has 188 valence electrons. The Kier molecular flexibility index (Phi) is 6.79. The monoisotopic (exact) mass is 516 g/mol. The maximum absolute atomic E-state index is 14.0. The lowest BCUT2D eigenvalue weighted by Crippen LogP contribution is -2.32. The minimum absolute atomic E-state index is 0.155. The van der Waals surface area contributed by atoms with Gasteiger partial charge in [0.05, 0.1) is 24.2 Å². The van der Waals surface area contributed by atoms with E-state index in [1.807, 2.05) is 0 Å². The number of alkyl halides is 4. The van der Waals surface area contributed by atoms with Crippen molar-refractivity contribution in [2.24, 2.45) is 12.8 Å². The summed E-state index contributed by atoms with van der Waals surface area (Å²) in [4.78, 5) is 16.9. The van der Waals surface area contributed by atoms with Crippen LogP contribution >= 0.6 is 11.3 Å². The summed E-state index contributed by atoms with van der Waals surface area (Å²) in [5, 5.41) is 6.28. The van der Waals surface area contributed by atoms with Crippen LogP contribution in [0.15, 0.2) is 24.4 Å². The van der Waals surface area contributed by atoms with E-state index < -0.39 is 47.3 Å². The quantitative estimate of drug-likeness (QED) is 0.450. The number of thiazole rings is 1. The summed E-state index contributed by atoms with van der Waals surface area (Å²) >= 11 is 0.624. The number of nitrogens with zero attached hydrogens (tertiary/aromatic N) is 3. The molecule has 2 aromatic heterocycles. The van der Waals surface area contributed by atoms with Gasteiger partial charge in [-0.25, -0.2) is 13.8 Å². The highest BCUT2D eigenvalue weighted by Gasteiger charge is 2.38. The number of ether oxygens (including phenoxy) is 1. The van der Waals surface area contributed by atoms with E-state index in [-0.39, 0.29) is 28.0 Å². The molecule has 3 aromatic rings. The van der Waals surface area contributed by atoms with E-state index in [0.717, 1.165) is 12.1 Å². The molecule has 0 unspecified atom stereocenters. The Labute approximate surface area is 200 Å². The van der Waals surface area contributed by atoms with Gasteiger partial charge in [-0.2, -0.15) is 18.3 Å². The van der Waals surface area contributed by atoms with Crippen LogP contribution in [0, 0.1) is 5.82 Å². The Morgan fingerprint density at radius 2 is 2.06 bits per heavy atom. The molecular formula is C21H21F5N6O2S. The van der Waals surface area contributed by atoms with Crippen LogP contribution in [-0.2, 0) is 18.0 Å². The Morgan fingerprint density at radius 3 is 2.77 bits per heavy atom. The van der Waals surface area contributed by atoms with Crippen molar-refractivity contribution in [2.45, 2.75) is 37.3 Å². The van der Waals surface area contributed by atoms with E-state index >= 15 is 0 Å². The summed E-state index contributed by atoms with van der Waals surface area (Å²) in [7, 11) is 1.62. The molecule has 0 saturated carbocycles. The summed E-state index contributed by atoms with van der Waals surface area (Å²) < 4.78 is 75.3. The molecule has 1 aliphatic heterocycles. The molecule has 3 atom stereocenters. The van der Waals surface area contributed by atoms with Crippen molar-refractivity contribution in [3.63, 3.8) is 0 Å². The maximum atomic E-state index is 14.0. The van der Waals surface area contributed by atoms with Gasteiger partial charge < -0.3 is 21.5 Å². The first kappa shape index (κ1) is 25.0. The minimum Gasteiger partial charge on any atom is -0.389 e. The van der Waals surface area contributed by atoms with Gasteiger partial charge in [-0.05, 0) is 18.9 Å². The van der Waals surface area contributed by atoms with E-state index in [1.54, 1.807) is 7.05 Å². The van der Waals surface area contributed by atoms with Gasteiger partial charge in [0.1, 0.15) is 33.7 Å². The van der Waals surface area contributed by atoms with Crippen molar-refractivity contribution in [3.05, 3.63) is 47.2 Å². The van der Waals surface area contributed by atoms with Crippen molar-refractivity contribution in [1.82, 2.24) is 14.8 Å². The number of nitrogen functional groups attached to an aromatic ring is 1. The first-order valence-corrected chi connectivity index (χ1v) is 11.3. The van der Waals surface area contributed by atoms with Crippen LogP contribution in [0.2, 0.25) is 0 Å². The van der Waals surface area contributed by atoms with Crippen LogP contribution in [0.3, 0.4) is 0 Å². The highest BCUT2D eigenvalue weighted by atomic mass is 32.1. The zero-order chi connectivity index (χ0) is 25.5. The Hall–Kier alpha value is -3.10. The fraction of sp³-hybridized carbons (Fsp3) is 0.381. The van der Waals surface area contributed by atoms with Crippen LogP contribution in [0.5, 0.6) is 0 Å². The predicted molar refractivity (Wildman–Crippen MR) is 119 cm³/mol. The maximum Gasteiger partial charge on any atom is 0.419 e. The van der Waals surface area contributed by atoms with Crippen LogP contribution in [0.4, 0.5) is 32.6 Å². The first-order chi connectivity index (χ1) is 16.5. The number of rotatable bonds is 4. The molecule has 1 aromatic carbocycles. The number of carbonyl (C=O) groups is 1. The topological polar surface area (TPSA) is 121 Å². The van der Waals surface area contributed by atoms with Crippen molar-refractivity contribution >= 4 is 27.9 Å². The largest absolute Gasteiger partial charge is 0.419 e. The second-order valence-corrected chi connectivity index (χ2v) is 9.02. The molecule has 0 bridgehead atoms. The van der Waals surface area contributed by atoms with Gasteiger partial charge in [-0.3, -0.25) is 9.48 Å². The summed E-state index contributed by atoms with van der Waals surface area (Å²) in [5.41, 5.74) is 10.0. The average Bonchev–Trinajstić information content (AvgIpc) is 3.30. The van der Waals surface area contributed by atoms with Crippen LogP contribution in [0.25, 0.3) is 10.6 Å². The number of hydrogen-bond acceptors (Lipinski definition) is 7. The normalized spacial score (nSPS) is 21.1. The van der Waals surface area contributed by atoms with E-state index in [1.165, 1.54) is 10.9 Å². The summed E-state index contributed by atoms with van der Waals surface area (Å²) in [6, 6.07) is 2.18. The minimum atomic E-state index is -4.98. The van der Waals surface area contributed by atoms with Crippen molar-refractivity contribution in [2.75, 3.05) is 17.7 Å². The van der Waals surface area contributed by atoms with Gasteiger partial charge in [-0.15, -0.1) is 0 Å². The van der Waals surface area contributed by atoms with Gasteiger partial charge in [-0.1, -0.05) is 23.5 Å². The number of anilines is 2. The fourth-order valence-electron chi connectivity index (χ4n) is 3.86. The number of aryl methyl sites for hydroxylation is 1. The number of amides is 1. The molecule has 5 N–H and O–H groups in total. The standard InChI is InChI=1S/C21H21F5N6O2S/c1-32-17(14-6-5-12(27)11(23)8-34-14)13(7-29-32)30-19(33)16-18(28)35-20(31-16)9-3-2-4-10(22)15(9)21(24,25)26/h2-4,7,11-12,14H,5-6,8,27-28H2,1H3,(H,30,33)/t11-,12-,14+/m1/s1. The molecule has 0 spiro atoms. The summed E-state index contributed by atoms with van der Waals surface area (Å²) in [6.07, 6.45) is -4.83. The third-order valence-corrected chi connectivity index (χ3v) is 6.53. The first-order valence-electron chi connectivity index (χ1n) is 10.4. The van der Waals surface area contributed by atoms with Crippen molar-refractivity contribution in [1.29, 1.82) is 0 Å². The van der Waals surface area contributed by atoms with E-state index in [2.05, 4.69) is 15.4 Å². The summed E-state index contributed by atoms with van der Waals surface area (Å²) in [5.74, 6) is -2.27. The lowest BCUT2D eigenvalue weighted by molar-refractivity contribution is -0.139. The highest BCUT2D eigenvalue weighted by Crippen LogP contribution is 2.41. The van der Waals surface area contributed by atoms with Crippen molar-refractivity contribution < 1.29 is 31.5 Å². The smallest absolute Gasteiger partial charge is 0.389 e. The lowest BCUT2D eigenvalue weighted by Gasteiger charge is -2.17. The molecule has 0 radical (unpaired) electrons. The Bertz CT molecular complexity index is 1230. The molecule has 3 heterocycles. The van der Waals surface area contributed by atoms with Crippen molar-refractivity contribution in [3.8, 4) is 10.6 Å². The number of benzene rings is 1. The molecule has 4 rings (SSSR count). The molecule has 35 heavy (non-hydrogen) atoms. The number of nitrogens with one attached hydrogen (secondary N) is 1. The van der Waals surface area contributed by atoms with Crippen LogP contribution < -0.4 is 16.8 Å². The van der Waals surface area contributed by atoms with E-state index in [0.29, 0.717) is 35.9 Å². The lowest BCUT2D eigenvalue weighted by atomic mass is 10.0. The molecule has 1 amide bonds. The Morgan fingerprint density at radius 1 is 1.31 bits per heavy atom. The highest BCUT2D eigenvalue weighted by molar-refractivity contribution is 7.19. The Balaban J connectivity index is 1.62. The summed E-state index contributed by atoms with van der Waals surface area (Å²) in [6.45, 7) is -0.220. The zero-order valence-corrected chi connectivity index (χ0v) is 19.1. The second-order valence-electron chi connectivity index (χ2n) is 7.99. The average molecular weight is 516 g/mol. The number of nitrogens with two attached hydrogens (primary N) is 2. The molecule has 8 nitrogen and oxygen atoms in total. The third-order valence-electron chi connectivity index (χ3n) is 5.62. The van der Waals surface area contributed by atoms with E-state index in [4.69, 9.17) is 16.2 Å². The van der Waals surface area contributed by atoms with Gasteiger partial charge in [0.2, 0.25) is 0 Å². The molecule has 14 heteroatoms. The van der Waals surface area contributed by atoms with Gasteiger partial charge in [0.25, 0.3) is 5.91 Å². The predicted octanol–water partition coefficient (Wildman–Crippen LogP) is 4.05. The second kappa shape index (κ2) is 9.51. The van der Waals surface area contributed by atoms with Crippen LogP contribution in [-0.4, -0.2) is 39.5 Å². The van der Waals surface area contributed by atoms with Gasteiger partial charge in [0, 0.05) is 18.7 Å². The third kappa shape index (κ3) is 4.99. The fourth-order valence-corrected chi connectivity index (χ4v) is 4.72. The molecular weight excluding hydrogens is 495 g/mol. The molecule has 0 aliphatic carbocycles.